The van der Waals surface area contributed by atoms with Crippen LogP contribution in [0.5, 0.6) is 0 Å². The first kappa shape index (κ1) is 15.0. The van der Waals surface area contributed by atoms with Gasteiger partial charge in [-0.3, -0.25) is 0 Å². The molecule has 1 heterocycles. The Morgan fingerprint density at radius 2 is 2.33 bits per heavy atom. The number of carbonyl (C=O) groups excluding carboxylic acids is 1. The van der Waals surface area contributed by atoms with Crippen molar-refractivity contribution < 1.29 is 18.3 Å². The molecule has 1 aromatic heterocycles. The molecule has 0 unspecified atom stereocenters. The fourth-order valence-electron chi connectivity index (χ4n) is 1.46. The minimum Gasteiger partial charge on any atom is -0.459 e. The Hall–Kier alpha value is -2.40. The van der Waals surface area contributed by atoms with E-state index in [0.717, 1.165) is 17.8 Å². The number of nitriles is 1. The fourth-order valence-corrected chi connectivity index (χ4v) is 2.23. The van der Waals surface area contributed by atoms with Crippen LogP contribution in [0.15, 0.2) is 27.8 Å². The zero-order chi connectivity index (χ0) is 15.2. The molecule has 0 radical (unpaired) electrons. The largest absolute Gasteiger partial charge is 0.459 e. The van der Waals surface area contributed by atoms with Crippen molar-refractivity contribution in [2.75, 3.05) is 6.61 Å². The van der Waals surface area contributed by atoms with Crippen molar-refractivity contribution in [3.8, 4) is 6.07 Å². The maximum absolute atomic E-state index is 13.0. The number of rotatable bonds is 5. The smallest absolute Gasteiger partial charge is 0.396 e. The Morgan fingerprint density at radius 3 is 3.05 bits per heavy atom. The number of carbonyl (C=O) groups is 1. The highest BCUT2D eigenvalue weighted by atomic mass is 32.2. The second kappa shape index (κ2) is 6.85. The molecule has 1 aromatic carbocycles. The summed E-state index contributed by atoms with van der Waals surface area (Å²) in [5.41, 5.74) is 0.882. The predicted molar refractivity (Wildman–Crippen MR) is 70.9 cm³/mol. The van der Waals surface area contributed by atoms with Crippen molar-refractivity contribution in [2.24, 2.45) is 0 Å². The first-order chi connectivity index (χ1) is 10.1. The van der Waals surface area contributed by atoms with Crippen LogP contribution in [0.3, 0.4) is 0 Å². The van der Waals surface area contributed by atoms with E-state index < -0.39 is 11.8 Å². The number of halogens is 1. The van der Waals surface area contributed by atoms with Crippen molar-refractivity contribution in [3.63, 3.8) is 0 Å². The van der Waals surface area contributed by atoms with Gasteiger partial charge in [0, 0.05) is 5.75 Å². The van der Waals surface area contributed by atoms with Crippen LogP contribution in [-0.2, 0) is 10.5 Å². The van der Waals surface area contributed by atoms with Crippen molar-refractivity contribution in [3.05, 3.63) is 41.0 Å². The highest BCUT2D eigenvalue weighted by Gasteiger charge is 2.16. The van der Waals surface area contributed by atoms with Gasteiger partial charge in [-0.05, 0) is 24.6 Å². The van der Waals surface area contributed by atoms with E-state index >= 15 is 0 Å². The van der Waals surface area contributed by atoms with Gasteiger partial charge in [-0.1, -0.05) is 22.9 Å². The van der Waals surface area contributed by atoms with E-state index in [9.17, 15) is 9.18 Å². The van der Waals surface area contributed by atoms with E-state index in [1.807, 2.05) is 6.07 Å². The SMILES string of the molecule is CCOC(=O)c1nnc(SCc2ccc(F)cc2C#N)o1. The lowest BCUT2D eigenvalue weighted by Crippen LogP contribution is -2.04. The molecule has 0 bridgehead atoms. The topological polar surface area (TPSA) is 89.0 Å². The molecule has 2 rings (SSSR count). The van der Waals surface area contributed by atoms with Gasteiger partial charge in [-0.25, -0.2) is 9.18 Å². The summed E-state index contributed by atoms with van der Waals surface area (Å²) in [4.78, 5) is 11.4. The van der Waals surface area contributed by atoms with E-state index in [1.54, 1.807) is 6.92 Å². The summed E-state index contributed by atoms with van der Waals surface area (Å²) in [6, 6.07) is 5.87. The molecule has 0 atom stereocenters. The van der Waals surface area contributed by atoms with Crippen LogP contribution in [0.25, 0.3) is 0 Å². The number of aromatic nitrogens is 2. The van der Waals surface area contributed by atoms with Gasteiger partial charge in [-0.2, -0.15) is 5.26 Å². The van der Waals surface area contributed by atoms with Gasteiger partial charge in [0.1, 0.15) is 5.82 Å². The minimum atomic E-state index is -0.684. The van der Waals surface area contributed by atoms with E-state index in [1.165, 1.54) is 12.1 Å². The highest BCUT2D eigenvalue weighted by Crippen LogP contribution is 2.23. The molecule has 0 aliphatic heterocycles. The standard InChI is InChI=1S/C13H10FN3O3S/c1-2-19-12(18)11-16-17-13(20-11)21-7-8-3-4-10(14)5-9(8)6-15/h3-5H,2,7H2,1H3. The van der Waals surface area contributed by atoms with Crippen LogP contribution >= 0.6 is 11.8 Å². The average molecular weight is 307 g/mol. The summed E-state index contributed by atoms with van der Waals surface area (Å²) in [5.74, 6) is -1.04. The van der Waals surface area contributed by atoms with Crippen LogP contribution in [0.2, 0.25) is 0 Å². The zero-order valence-electron chi connectivity index (χ0n) is 11.0. The van der Waals surface area contributed by atoms with Crippen molar-refractivity contribution in [2.45, 2.75) is 17.9 Å². The van der Waals surface area contributed by atoms with Gasteiger partial charge < -0.3 is 9.15 Å². The van der Waals surface area contributed by atoms with Gasteiger partial charge in [0.2, 0.25) is 0 Å². The molecule has 21 heavy (non-hydrogen) atoms. The molecule has 6 nitrogen and oxygen atoms in total. The molecule has 0 aliphatic rings. The van der Waals surface area contributed by atoms with Crippen molar-refractivity contribution in [1.82, 2.24) is 10.2 Å². The van der Waals surface area contributed by atoms with E-state index in [4.69, 9.17) is 14.4 Å². The van der Waals surface area contributed by atoms with E-state index in [0.29, 0.717) is 11.3 Å². The van der Waals surface area contributed by atoms with Gasteiger partial charge in [0.15, 0.2) is 0 Å². The van der Waals surface area contributed by atoms with Crippen LogP contribution < -0.4 is 0 Å². The lowest BCUT2D eigenvalue weighted by atomic mass is 10.1. The van der Waals surface area contributed by atoms with E-state index in [-0.39, 0.29) is 23.3 Å². The molecule has 0 fully saturated rings. The summed E-state index contributed by atoms with van der Waals surface area (Å²) < 4.78 is 22.9. The van der Waals surface area contributed by atoms with Gasteiger partial charge in [0.25, 0.3) is 5.22 Å². The molecule has 8 heteroatoms. The van der Waals surface area contributed by atoms with Crippen molar-refractivity contribution >= 4 is 17.7 Å². The minimum absolute atomic E-state index is 0.172. The molecule has 2 aromatic rings. The van der Waals surface area contributed by atoms with Gasteiger partial charge in [-0.15, -0.1) is 5.10 Å². The maximum atomic E-state index is 13.0. The Morgan fingerprint density at radius 1 is 1.52 bits per heavy atom. The fraction of sp³-hybridized carbons (Fsp3) is 0.231. The first-order valence-corrected chi connectivity index (χ1v) is 6.94. The Labute approximate surface area is 123 Å². The maximum Gasteiger partial charge on any atom is 0.396 e. The molecule has 0 N–H and O–H groups in total. The number of esters is 1. The molecule has 108 valence electrons. The third kappa shape index (κ3) is 3.79. The van der Waals surface area contributed by atoms with Crippen LogP contribution in [0.4, 0.5) is 4.39 Å². The van der Waals surface area contributed by atoms with Crippen molar-refractivity contribution in [1.29, 1.82) is 5.26 Å². The van der Waals surface area contributed by atoms with Crippen LogP contribution in [-0.4, -0.2) is 22.8 Å². The molecule has 0 saturated heterocycles. The molecule has 0 amide bonds. The summed E-state index contributed by atoms with van der Waals surface area (Å²) in [5, 5.41) is 16.4. The summed E-state index contributed by atoms with van der Waals surface area (Å²) >= 11 is 1.14. The Kier molecular flexibility index (Phi) is 4.90. The third-order valence-corrected chi connectivity index (χ3v) is 3.27. The normalized spacial score (nSPS) is 10.1. The van der Waals surface area contributed by atoms with Crippen LogP contribution in [0.1, 0.15) is 28.7 Å². The summed E-state index contributed by atoms with van der Waals surface area (Å²) in [6.45, 7) is 1.88. The number of hydrogen-bond acceptors (Lipinski definition) is 7. The van der Waals surface area contributed by atoms with Crippen LogP contribution in [0, 0.1) is 17.1 Å². The average Bonchev–Trinajstić information content (AvgIpc) is 2.95. The predicted octanol–water partition coefficient (Wildman–Crippen LogP) is 2.55. The molecule has 0 saturated carbocycles. The number of thioether (sulfide) groups is 1. The quantitative estimate of drug-likeness (QED) is 0.619. The number of nitrogens with zero attached hydrogens (tertiary/aromatic N) is 3. The Bertz CT molecular complexity index is 696. The molecular weight excluding hydrogens is 297 g/mol. The lowest BCUT2D eigenvalue weighted by Gasteiger charge is -2.01. The third-order valence-electron chi connectivity index (χ3n) is 2.40. The van der Waals surface area contributed by atoms with Gasteiger partial charge in [0.05, 0.1) is 18.2 Å². The molecular formula is C13H10FN3O3S. The number of ether oxygens (including phenoxy) is 1. The highest BCUT2D eigenvalue weighted by molar-refractivity contribution is 7.98. The number of hydrogen-bond donors (Lipinski definition) is 0. The monoisotopic (exact) mass is 307 g/mol. The zero-order valence-corrected chi connectivity index (χ0v) is 11.8. The van der Waals surface area contributed by atoms with Gasteiger partial charge >= 0.3 is 11.9 Å². The first-order valence-electron chi connectivity index (χ1n) is 5.96. The molecule has 0 aliphatic carbocycles. The lowest BCUT2D eigenvalue weighted by molar-refractivity contribution is 0.0475. The molecule has 0 spiro atoms. The second-order valence-corrected chi connectivity index (χ2v) is 4.72. The second-order valence-electron chi connectivity index (χ2n) is 3.80. The summed E-state index contributed by atoms with van der Waals surface area (Å²) in [7, 11) is 0. The number of benzene rings is 1. The van der Waals surface area contributed by atoms with E-state index in [2.05, 4.69) is 10.2 Å². The summed E-state index contributed by atoms with van der Waals surface area (Å²) in [6.07, 6.45) is 0. The Balaban J connectivity index is 2.04.